The number of rotatable bonds is 6. The number of hydrogen-bond donors (Lipinski definition) is 2. The maximum Gasteiger partial charge on any atom is 0.191 e. The maximum absolute atomic E-state index is 13.1. The van der Waals surface area contributed by atoms with E-state index in [0.29, 0.717) is 6.54 Å². The molecule has 0 atom stereocenters. The quantitative estimate of drug-likeness (QED) is 0.634. The largest absolute Gasteiger partial charge is 0.357 e. The fourth-order valence-electron chi connectivity index (χ4n) is 2.32. The molecule has 0 fully saturated rings. The molecule has 0 amide bonds. The van der Waals surface area contributed by atoms with Crippen molar-refractivity contribution in [2.75, 3.05) is 13.1 Å². The van der Waals surface area contributed by atoms with Crippen molar-refractivity contribution in [2.45, 2.75) is 26.8 Å². The van der Waals surface area contributed by atoms with Gasteiger partial charge in [0.15, 0.2) is 5.96 Å². The number of nitrogens with one attached hydrogen (secondary N) is 2. The number of aromatic nitrogens is 2. The lowest BCUT2D eigenvalue weighted by Crippen LogP contribution is -2.38. The molecule has 2 rings (SSSR count). The van der Waals surface area contributed by atoms with Crippen LogP contribution in [-0.4, -0.2) is 28.8 Å². The van der Waals surface area contributed by atoms with Crippen molar-refractivity contribution in [3.63, 3.8) is 0 Å². The molecule has 0 saturated heterocycles. The summed E-state index contributed by atoms with van der Waals surface area (Å²) in [5, 5.41) is 10.7. The van der Waals surface area contributed by atoms with Crippen LogP contribution in [0.5, 0.6) is 0 Å². The number of aryl methyl sites for hydroxylation is 2. The number of halogens is 1. The lowest BCUT2D eigenvalue weighted by atomic mass is 10.1. The van der Waals surface area contributed by atoms with Crippen molar-refractivity contribution in [3.05, 3.63) is 53.1 Å². The van der Waals surface area contributed by atoms with Crippen LogP contribution >= 0.6 is 0 Å². The monoisotopic (exact) mass is 317 g/mol. The van der Waals surface area contributed by atoms with Crippen molar-refractivity contribution in [3.8, 4) is 0 Å². The second-order valence-corrected chi connectivity index (χ2v) is 5.47. The third-order valence-corrected chi connectivity index (χ3v) is 3.51. The molecule has 1 aromatic heterocycles. The van der Waals surface area contributed by atoms with Crippen LogP contribution in [0.2, 0.25) is 0 Å². The van der Waals surface area contributed by atoms with Crippen LogP contribution in [0, 0.1) is 12.7 Å². The summed E-state index contributed by atoms with van der Waals surface area (Å²) in [6.07, 6.45) is 4.59. The van der Waals surface area contributed by atoms with Crippen molar-refractivity contribution >= 4 is 5.96 Å². The van der Waals surface area contributed by atoms with Gasteiger partial charge in [-0.15, -0.1) is 0 Å². The highest BCUT2D eigenvalue weighted by molar-refractivity contribution is 5.79. The Labute approximate surface area is 136 Å². The highest BCUT2D eigenvalue weighted by Gasteiger charge is 2.02. The zero-order chi connectivity index (χ0) is 16.7. The minimum atomic E-state index is -0.189. The first-order chi connectivity index (χ1) is 11.1. The highest BCUT2D eigenvalue weighted by atomic mass is 19.1. The molecule has 0 spiro atoms. The molecule has 23 heavy (non-hydrogen) atoms. The lowest BCUT2D eigenvalue weighted by Gasteiger charge is -2.12. The number of guanidine groups is 1. The third-order valence-electron chi connectivity index (χ3n) is 3.51. The van der Waals surface area contributed by atoms with Crippen LogP contribution in [0.4, 0.5) is 4.39 Å². The minimum Gasteiger partial charge on any atom is -0.357 e. The molecular formula is C17H24FN5. The summed E-state index contributed by atoms with van der Waals surface area (Å²) in [5.74, 6) is 0.585. The van der Waals surface area contributed by atoms with Crippen LogP contribution in [0.1, 0.15) is 23.6 Å². The van der Waals surface area contributed by atoms with E-state index in [1.165, 1.54) is 6.07 Å². The molecule has 0 radical (unpaired) electrons. The summed E-state index contributed by atoms with van der Waals surface area (Å²) in [6, 6.07) is 4.91. The van der Waals surface area contributed by atoms with E-state index in [0.717, 1.165) is 42.2 Å². The van der Waals surface area contributed by atoms with Crippen LogP contribution in [0.3, 0.4) is 0 Å². The first-order valence-corrected chi connectivity index (χ1v) is 7.83. The normalized spacial score (nSPS) is 11.6. The summed E-state index contributed by atoms with van der Waals surface area (Å²) in [6.45, 7) is 6.09. The van der Waals surface area contributed by atoms with E-state index in [9.17, 15) is 4.39 Å². The predicted molar refractivity (Wildman–Crippen MR) is 90.9 cm³/mol. The van der Waals surface area contributed by atoms with Crippen LogP contribution in [0.25, 0.3) is 0 Å². The van der Waals surface area contributed by atoms with Crippen LogP contribution in [-0.2, 0) is 20.0 Å². The average Bonchev–Trinajstić information content (AvgIpc) is 2.92. The Hall–Kier alpha value is -2.37. The first kappa shape index (κ1) is 17.0. The van der Waals surface area contributed by atoms with Gasteiger partial charge in [-0.1, -0.05) is 6.07 Å². The van der Waals surface area contributed by atoms with Crippen molar-refractivity contribution in [1.29, 1.82) is 0 Å². The number of nitrogens with zero attached hydrogens (tertiary/aromatic N) is 3. The highest BCUT2D eigenvalue weighted by Crippen LogP contribution is 2.10. The second-order valence-electron chi connectivity index (χ2n) is 5.47. The number of hydrogen-bond acceptors (Lipinski definition) is 2. The second kappa shape index (κ2) is 8.31. The van der Waals surface area contributed by atoms with Crippen molar-refractivity contribution in [1.82, 2.24) is 20.4 Å². The van der Waals surface area contributed by atoms with Gasteiger partial charge in [-0.2, -0.15) is 5.10 Å². The van der Waals surface area contributed by atoms with E-state index in [1.807, 2.05) is 39.4 Å². The van der Waals surface area contributed by atoms with Gasteiger partial charge in [0.05, 0.1) is 12.7 Å². The summed E-state index contributed by atoms with van der Waals surface area (Å²) in [4.78, 5) is 4.55. The zero-order valence-corrected chi connectivity index (χ0v) is 13.9. The van der Waals surface area contributed by atoms with Gasteiger partial charge in [-0.25, -0.2) is 9.38 Å². The van der Waals surface area contributed by atoms with Crippen molar-refractivity contribution in [2.24, 2.45) is 12.0 Å². The molecule has 0 unspecified atom stereocenters. The molecule has 6 heteroatoms. The van der Waals surface area contributed by atoms with Gasteiger partial charge in [-0.05, 0) is 43.5 Å². The molecule has 5 nitrogen and oxygen atoms in total. The van der Waals surface area contributed by atoms with E-state index < -0.39 is 0 Å². The molecule has 124 valence electrons. The van der Waals surface area contributed by atoms with E-state index in [4.69, 9.17) is 0 Å². The van der Waals surface area contributed by atoms with Gasteiger partial charge >= 0.3 is 0 Å². The Morgan fingerprint density at radius 2 is 2.17 bits per heavy atom. The number of benzene rings is 1. The predicted octanol–water partition coefficient (Wildman–Crippen LogP) is 2.17. The standard InChI is InChI=1S/C17H24FN5/c1-4-19-17(21-10-14-11-22-23(3)12-14)20-8-7-15-5-6-16(18)9-13(15)2/h5-6,9,11-12H,4,7-8,10H2,1-3H3,(H2,19,20,21). The Morgan fingerprint density at radius 1 is 1.35 bits per heavy atom. The fourth-order valence-corrected chi connectivity index (χ4v) is 2.32. The smallest absolute Gasteiger partial charge is 0.191 e. The SMILES string of the molecule is CCNC(=NCc1cnn(C)c1)NCCc1ccc(F)cc1C. The summed E-state index contributed by atoms with van der Waals surface area (Å²) < 4.78 is 14.9. The van der Waals surface area contributed by atoms with Gasteiger partial charge < -0.3 is 10.6 Å². The van der Waals surface area contributed by atoms with Gasteiger partial charge in [-0.3, -0.25) is 4.68 Å². The van der Waals surface area contributed by atoms with Crippen molar-refractivity contribution < 1.29 is 4.39 Å². The fraction of sp³-hybridized carbons (Fsp3) is 0.412. The lowest BCUT2D eigenvalue weighted by molar-refractivity contribution is 0.625. The molecule has 0 aliphatic heterocycles. The van der Waals surface area contributed by atoms with Gasteiger partial charge in [0, 0.05) is 31.9 Å². The topological polar surface area (TPSA) is 54.2 Å². The molecular weight excluding hydrogens is 293 g/mol. The van der Waals surface area contributed by atoms with Gasteiger partial charge in [0.25, 0.3) is 0 Å². The number of aliphatic imine (C=N–C) groups is 1. The maximum atomic E-state index is 13.1. The molecule has 0 saturated carbocycles. The van der Waals surface area contributed by atoms with Crippen LogP contribution < -0.4 is 10.6 Å². The molecule has 1 aromatic carbocycles. The molecule has 2 aromatic rings. The van der Waals surface area contributed by atoms with Gasteiger partial charge in [0.1, 0.15) is 5.82 Å². The Balaban J connectivity index is 1.88. The van der Waals surface area contributed by atoms with E-state index in [1.54, 1.807) is 10.7 Å². The molecule has 0 aliphatic carbocycles. The van der Waals surface area contributed by atoms with E-state index in [-0.39, 0.29) is 5.82 Å². The molecule has 2 N–H and O–H groups in total. The Morgan fingerprint density at radius 3 is 2.83 bits per heavy atom. The van der Waals surface area contributed by atoms with E-state index in [2.05, 4.69) is 20.7 Å². The Bertz CT molecular complexity index is 663. The minimum absolute atomic E-state index is 0.189. The Kier molecular flexibility index (Phi) is 6.14. The summed E-state index contributed by atoms with van der Waals surface area (Å²) >= 11 is 0. The van der Waals surface area contributed by atoms with Gasteiger partial charge in [0.2, 0.25) is 0 Å². The molecule has 0 aliphatic rings. The molecule has 1 heterocycles. The van der Waals surface area contributed by atoms with E-state index >= 15 is 0 Å². The zero-order valence-electron chi connectivity index (χ0n) is 13.9. The summed E-state index contributed by atoms with van der Waals surface area (Å²) in [7, 11) is 1.89. The summed E-state index contributed by atoms with van der Waals surface area (Å²) in [5.41, 5.74) is 3.19. The first-order valence-electron chi connectivity index (χ1n) is 7.83. The molecule has 0 bridgehead atoms. The third kappa shape index (κ3) is 5.39. The average molecular weight is 317 g/mol. The van der Waals surface area contributed by atoms with Crippen LogP contribution in [0.15, 0.2) is 35.6 Å².